The molecule has 0 aliphatic heterocycles. The summed E-state index contributed by atoms with van der Waals surface area (Å²) >= 11 is 0. The van der Waals surface area contributed by atoms with Gasteiger partial charge in [-0.25, -0.2) is 0 Å². The van der Waals surface area contributed by atoms with E-state index in [2.05, 4.69) is 0 Å². The number of rotatable bonds is 5. The average molecular weight is 337 g/mol. The topological polar surface area (TPSA) is 66.4 Å². The van der Waals surface area contributed by atoms with E-state index in [-0.39, 0.29) is 5.56 Å². The summed E-state index contributed by atoms with van der Waals surface area (Å²) in [5.74, 6) is -3.48. The molecule has 126 valence electrons. The number of carbonyl (C=O) groups is 2. The Labute approximate surface area is 135 Å². The van der Waals surface area contributed by atoms with Crippen LogP contribution in [-0.4, -0.2) is 23.2 Å². The van der Waals surface area contributed by atoms with Crippen molar-refractivity contribution < 1.29 is 27.9 Å². The maximum absolute atomic E-state index is 12.4. The van der Waals surface area contributed by atoms with Crippen molar-refractivity contribution in [1.29, 1.82) is 0 Å². The van der Waals surface area contributed by atoms with E-state index in [0.717, 1.165) is 11.1 Å². The van der Waals surface area contributed by atoms with Gasteiger partial charge >= 0.3 is 18.1 Å². The minimum Gasteiger partial charge on any atom is -0.481 e. The highest BCUT2D eigenvalue weighted by Crippen LogP contribution is 2.25. The molecule has 0 aliphatic rings. The van der Waals surface area contributed by atoms with Crippen LogP contribution in [0.1, 0.15) is 18.0 Å². The number of aliphatic carboxylic acids is 1. The summed E-state index contributed by atoms with van der Waals surface area (Å²) in [6, 6.07) is 14.4. The molecule has 4 nitrogen and oxygen atoms in total. The summed E-state index contributed by atoms with van der Waals surface area (Å²) in [6.45, 7) is 0. The molecular formula is C17H14F3NO3. The number of carboxylic acid groups (broad SMARTS) is 1. The SMILES string of the molecule is O=C(O)C[C@@H](NC(=O)C(F)(F)F)c1ccc(-c2ccccc2)cc1. The predicted octanol–water partition coefficient (Wildman–Crippen LogP) is 3.55. The Morgan fingerprint density at radius 2 is 1.50 bits per heavy atom. The number of carboxylic acids is 1. The number of nitrogens with one attached hydrogen (secondary N) is 1. The highest BCUT2D eigenvalue weighted by Gasteiger charge is 2.40. The fourth-order valence-electron chi connectivity index (χ4n) is 2.21. The molecule has 0 aromatic heterocycles. The van der Waals surface area contributed by atoms with Gasteiger partial charge in [0, 0.05) is 0 Å². The predicted molar refractivity (Wildman–Crippen MR) is 81.1 cm³/mol. The molecule has 0 fully saturated rings. The highest BCUT2D eigenvalue weighted by molar-refractivity contribution is 5.82. The molecule has 0 spiro atoms. The summed E-state index contributed by atoms with van der Waals surface area (Å²) in [5, 5.41) is 10.6. The van der Waals surface area contributed by atoms with Crippen LogP contribution in [-0.2, 0) is 9.59 Å². The number of hydrogen-bond acceptors (Lipinski definition) is 2. The maximum atomic E-state index is 12.4. The lowest BCUT2D eigenvalue weighted by Gasteiger charge is -2.18. The van der Waals surface area contributed by atoms with Gasteiger partial charge in [0.1, 0.15) is 0 Å². The number of alkyl halides is 3. The first-order chi connectivity index (χ1) is 11.3. The fourth-order valence-corrected chi connectivity index (χ4v) is 2.21. The molecule has 0 saturated carbocycles. The van der Waals surface area contributed by atoms with Gasteiger partial charge in [0.15, 0.2) is 0 Å². The van der Waals surface area contributed by atoms with Crippen LogP contribution in [0.15, 0.2) is 54.6 Å². The molecule has 7 heteroatoms. The standard InChI is InChI=1S/C17H14F3NO3/c18-17(19,20)16(24)21-14(10-15(22)23)13-8-6-12(7-9-13)11-4-2-1-3-5-11/h1-9,14H,10H2,(H,21,24)(H,22,23)/t14-/m1/s1. The van der Waals surface area contributed by atoms with Crippen LogP contribution in [0.25, 0.3) is 11.1 Å². The fraction of sp³-hybridized carbons (Fsp3) is 0.176. The Kier molecular flexibility index (Phi) is 5.23. The number of amides is 1. The van der Waals surface area contributed by atoms with E-state index in [4.69, 9.17) is 5.11 Å². The van der Waals surface area contributed by atoms with Gasteiger partial charge in [-0.3, -0.25) is 9.59 Å². The van der Waals surface area contributed by atoms with E-state index in [1.165, 1.54) is 12.1 Å². The summed E-state index contributed by atoms with van der Waals surface area (Å²) in [6.07, 6.45) is -5.72. The summed E-state index contributed by atoms with van der Waals surface area (Å²) < 4.78 is 37.2. The van der Waals surface area contributed by atoms with Crippen molar-refractivity contribution in [2.24, 2.45) is 0 Å². The largest absolute Gasteiger partial charge is 0.481 e. The monoisotopic (exact) mass is 337 g/mol. The van der Waals surface area contributed by atoms with Gasteiger partial charge in [-0.1, -0.05) is 54.6 Å². The molecule has 2 aromatic carbocycles. The van der Waals surface area contributed by atoms with Crippen molar-refractivity contribution in [1.82, 2.24) is 5.32 Å². The zero-order chi connectivity index (χ0) is 17.7. The van der Waals surface area contributed by atoms with Gasteiger partial charge in [0.05, 0.1) is 12.5 Å². The molecule has 1 atom stereocenters. The van der Waals surface area contributed by atoms with Gasteiger partial charge in [-0.15, -0.1) is 0 Å². The van der Waals surface area contributed by atoms with E-state index in [1.54, 1.807) is 17.4 Å². The first-order valence-corrected chi connectivity index (χ1v) is 7.02. The Hall–Kier alpha value is -2.83. The normalized spacial score (nSPS) is 12.5. The van der Waals surface area contributed by atoms with Crippen molar-refractivity contribution in [3.8, 4) is 11.1 Å². The van der Waals surface area contributed by atoms with Crippen molar-refractivity contribution in [2.45, 2.75) is 18.6 Å². The second kappa shape index (κ2) is 7.16. The second-order valence-corrected chi connectivity index (χ2v) is 5.11. The lowest BCUT2D eigenvalue weighted by atomic mass is 9.99. The minimum absolute atomic E-state index is 0.287. The third-order valence-electron chi connectivity index (χ3n) is 3.36. The van der Waals surface area contributed by atoms with Crippen LogP contribution in [0.2, 0.25) is 0 Å². The van der Waals surface area contributed by atoms with Crippen molar-refractivity contribution in [3.63, 3.8) is 0 Å². The Morgan fingerprint density at radius 3 is 2.00 bits per heavy atom. The number of hydrogen-bond donors (Lipinski definition) is 2. The highest BCUT2D eigenvalue weighted by atomic mass is 19.4. The first-order valence-electron chi connectivity index (χ1n) is 7.02. The zero-order valence-electron chi connectivity index (χ0n) is 12.4. The minimum atomic E-state index is -5.07. The molecule has 24 heavy (non-hydrogen) atoms. The lowest BCUT2D eigenvalue weighted by molar-refractivity contribution is -0.174. The molecular weight excluding hydrogens is 323 g/mol. The van der Waals surface area contributed by atoms with E-state index < -0.39 is 30.5 Å². The molecule has 2 N–H and O–H groups in total. The lowest BCUT2D eigenvalue weighted by Crippen LogP contribution is -2.39. The smallest absolute Gasteiger partial charge is 0.471 e. The van der Waals surface area contributed by atoms with Crippen molar-refractivity contribution in [3.05, 3.63) is 60.2 Å². The molecule has 2 rings (SSSR count). The van der Waals surface area contributed by atoms with Crippen LogP contribution in [0.5, 0.6) is 0 Å². The molecule has 0 unspecified atom stereocenters. The average Bonchev–Trinajstić information content (AvgIpc) is 2.54. The molecule has 2 aromatic rings. The zero-order valence-corrected chi connectivity index (χ0v) is 12.4. The third kappa shape index (κ3) is 4.58. The Morgan fingerprint density at radius 1 is 0.958 bits per heavy atom. The molecule has 0 radical (unpaired) electrons. The first kappa shape index (κ1) is 17.5. The summed E-state index contributed by atoms with van der Waals surface area (Å²) in [7, 11) is 0. The Balaban J connectivity index is 2.23. The van der Waals surface area contributed by atoms with Crippen LogP contribution in [0, 0.1) is 0 Å². The summed E-state index contributed by atoms with van der Waals surface area (Å²) in [5.41, 5.74) is 2.03. The van der Waals surface area contributed by atoms with E-state index >= 15 is 0 Å². The van der Waals surface area contributed by atoms with E-state index in [9.17, 15) is 22.8 Å². The van der Waals surface area contributed by atoms with Crippen LogP contribution in [0.4, 0.5) is 13.2 Å². The van der Waals surface area contributed by atoms with Crippen LogP contribution in [0.3, 0.4) is 0 Å². The molecule has 0 saturated heterocycles. The Bertz CT molecular complexity index is 712. The van der Waals surface area contributed by atoms with E-state index in [0.29, 0.717) is 0 Å². The number of benzene rings is 2. The van der Waals surface area contributed by atoms with Gasteiger partial charge in [-0.2, -0.15) is 13.2 Å². The molecule has 1 amide bonds. The van der Waals surface area contributed by atoms with Gasteiger partial charge in [0.2, 0.25) is 0 Å². The van der Waals surface area contributed by atoms with Crippen molar-refractivity contribution >= 4 is 11.9 Å². The molecule has 0 heterocycles. The van der Waals surface area contributed by atoms with Gasteiger partial charge in [0.25, 0.3) is 0 Å². The molecule has 0 aliphatic carbocycles. The van der Waals surface area contributed by atoms with Gasteiger partial charge < -0.3 is 10.4 Å². The third-order valence-corrected chi connectivity index (χ3v) is 3.36. The second-order valence-electron chi connectivity index (χ2n) is 5.11. The maximum Gasteiger partial charge on any atom is 0.471 e. The van der Waals surface area contributed by atoms with Gasteiger partial charge in [-0.05, 0) is 16.7 Å². The number of halogens is 3. The number of carbonyl (C=O) groups excluding carboxylic acids is 1. The summed E-state index contributed by atoms with van der Waals surface area (Å²) in [4.78, 5) is 22.0. The molecule has 0 bridgehead atoms. The quantitative estimate of drug-likeness (QED) is 0.877. The van der Waals surface area contributed by atoms with Crippen molar-refractivity contribution in [2.75, 3.05) is 0 Å². The van der Waals surface area contributed by atoms with Crippen LogP contribution < -0.4 is 5.32 Å². The van der Waals surface area contributed by atoms with Crippen LogP contribution >= 0.6 is 0 Å². The van der Waals surface area contributed by atoms with E-state index in [1.807, 2.05) is 30.3 Å².